The molecule has 3 N–H and O–H groups in total. The summed E-state index contributed by atoms with van der Waals surface area (Å²) in [5, 5.41) is 2.86. The van der Waals surface area contributed by atoms with Crippen molar-refractivity contribution < 1.29 is 4.79 Å². The van der Waals surface area contributed by atoms with Crippen LogP contribution in [-0.4, -0.2) is 18.0 Å². The van der Waals surface area contributed by atoms with Gasteiger partial charge in [0.1, 0.15) is 0 Å². The maximum Gasteiger partial charge on any atom is 0.224 e. The van der Waals surface area contributed by atoms with Crippen LogP contribution in [0, 0.1) is 5.92 Å². The molecule has 0 aliphatic heterocycles. The maximum absolute atomic E-state index is 11.3. The van der Waals surface area contributed by atoms with Crippen LogP contribution in [-0.2, 0) is 4.79 Å². The van der Waals surface area contributed by atoms with Gasteiger partial charge in [0.05, 0.1) is 5.92 Å². The van der Waals surface area contributed by atoms with Crippen molar-refractivity contribution in [2.45, 2.75) is 38.8 Å². The fourth-order valence-electron chi connectivity index (χ4n) is 1.24. The van der Waals surface area contributed by atoms with E-state index in [2.05, 4.69) is 5.32 Å². The van der Waals surface area contributed by atoms with Gasteiger partial charge in [-0.05, 0) is 26.7 Å². The first kappa shape index (κ1) is 8.53. The highest BCUT2D eigenvalue weighted by molar-refractivity contribution is 5.80. The van der Waals surface area contributed by atoms with E-state index in [0.29, 0.717) is 0 Å². The van der Waals surface area contributed by atoms with Crippen molar-refractivity contribution in [1.29, 1.82) is 0 Å². The molecule has 64 valence electrons. The highest BCUT2D eigenvalue weighted by Crippen LogP contribution is 2.25. The fourth-order valence-corrected chi connectivity index (χ4v) is 1.24. The third kappa shape index (κ3) is 1.93. The summed E-state index contributed by atoms with van der Waals surface area (Å²) in [6, 6.07) is 0.337. The number of amides is 1. The van der Waals surface area contributed by atoms with Crippen molar-refractivity contribution >= 4 is 5.91 Å². The summed E-state index contributed by atoms with van der Waals surface area (Å²) in [6.07, 6.45) is 1.95. The SMILES string of the molecule is CC(C)NC(=O)[C@H]1CC[C@H]1N. The smallest absolute Gasteiger partial charge is 0.224 e. The maximum atomic E-state index is 11.3. The molecule has 0 spiro atoms. The van der Waals surface area contributed by atoms with Crippen molar-refractivity contribution in [2.24, 2.45) is 11.7 Å². The Morgan fingerprint density at radius 1 is 1.55 bits per heavy atom. The van der Waals surface area contributed by atoms with E-state index in [1.165, 1.54) is 0 Å². The second kappa shape index (κ2) is 3.22. The molecule has 0 aromatic rings. The van der Waals surface area contributed by atoms with Gasteiger partial charge in [-0.15, -0.1) is 0 Å². The van der Waals surface area contributed by atoms with Crippen molar-refractivity contribution in [3.8, 4) is 0 Å². The standard InChI is InChI=1S/C8H16N2O/c1-5(2)10-8(11)6-3-4-7(6)9/h5-7H,3-4,9H2,1-2H3,(H,10,11)/t6-,7+/m0/s1. The topological polar surface area (TPSA) is 55.1 Å². The van der Waals surface area contributed by atoms with Gasteiger partial charge in [0.15, 0.2) is 0 Å². The van der Waals surface area contributed by atoms with Gasteiger partial charge in [0.25, 0.3) is 0 Å². The third-order valence-electron chi connectivity index (χ3n) is 2.10. The Morgan fingerprint density at radius 3 is 2.45 bits per heavy atom. The Hall–Kier alpha value is -0.570. The predicted octanol–water partition coefficient (Wildman–Crippen LogP) is 0.248. The average molecular weight is 156 g/mol. The summed E-state index contributed by atoms with van der Waals surface area (Å²) < 4.78 is 0. The Labute approximate surface area is 67.3 Å². The van der Waals surface area contributed by atoms with Crippen LogP contribution in [0.5, 0.6) is 0 Å². The van der Waals surface area contributed by atoms with Crippen LogP contribution in [0.3, 0.4) is 0 Å². The minimum absolute atomic E-state index is 0.0809. The molecule has 11 heavy (non-hydrogen) atoms. The predicted molar refractivity (Wildman–Crippen MR) is 44.0 cm³/mol. The first-order valence-electron chi connectivity index (χ1n) is 4.17. The van der Waals surface area contributed by atoms with Crippen LogP contribution >= 0.6 is 0 Å². The van der Waals surface area contributed by atoms with Gasteiger partial charge in [-0.2, -0.15) is 0 Å². The largest absolute Gasteiger partial charge is 0.354 e. The molecule has 1 saturated carbocycles. The molecule has 2 atom stereocenters. The molecule has 3 heteroatoms. The van der Waals surface area contributed by atoms with Gasteiger partial charge >= 0.3 is 0 Å². The molecule has 0 saturated heterocycles. The Morgan fingerprint density at radius 2 is 2.18 bits per heavy atom. The van der Waals surface area contributed by atoms with E-state index in [4.69, 9.17) is 5.73 Å². The van der Waals surface area contributed by atoms with Crippen LogP contribution in [0.2, 0.25) is 0 Å². The summed E-state index contributed by atoms with van der Waals surface area (Å²) in [6.45, 7) is 3.92. The van der Waals surface area contributed by atoms with E-state index in [9.17, 15) is 4.79 Å². The number of rotatable bonds is 2. The van der Waals surface area contributed by atoms with E-state index in [0.717, 1.165) is 12.8 Å². The highest BCUT2D eigenvalue weighted by atomic mass is 16.2. The number of nitrogens with two attached hydrogens (primary N) is 1. The average Bonchev–Trinajstić information content (AvgIpc) is 1.82. The molecular formula is C8H16N2O. The summed E-state index contributed by atoms with van der Waals surface area (Å²) >= 11 is 0. The highest BCUT2D eigenvalue weighted by Gasteiger charge is 2.33. The number of carbonyl (C=O) groups is 1. The first-order chi connectivity index (χ1) is 5.11. The molecule has 3 nitrogen and oxygen atoms in total. The van der Waals surface area contributed by atoms with Crippen LogP contribution in [0.1, 0.15) is 26.7 Å². The van der Waals surface area contributed by atoms with E-state index >= 15 is 0 Å². The second-order valence-electron chi connectivity index (χ2n) is 3.51. The molecule has 0 bridgehead atoms. The van der Waals surface area contributed by atoms with E-state index in [1.54, 1.807) is 0 Å². The quantitative estimate of drug-likeness (QED) is 0.602. The lowest BCUT2D eigenvalue weighted by Crippen LogP contribution is -2.49. The van der Waals surface area contributed by atoms with Crippen LogP contribution < -0.4 is 11.1 Å². The molecule has 1 aliphatic carbocycles. The van der Waals surface area contributed by atoms with Gasteiger partial charge in [0.2, 0.25) is 5.91 Å². The molecule has 0 radical (unpaired) electrons. The Kier molecular flexibility index (Phi) is 2.49. The molecule has 0 aromatic carbocycles. The molecule has 1 fully saturated rings. The molecule has 1 amide bonds. The van der Waals surface area contributed by atoms with Crippen LogP contribution in [0.4, 0.5) is 0 Å². The monoisotopic (exact) mass is 156 g/mol. The summed E-state index contributed by atoms with van der Waals surface area (Å²) in [5.41, 5.74) is 5.64. The summed E-state index contributed by atoms with van der Waals surface area (Å²) in [7, 11) is 0. The third-order valence-corrected chi connectivity index (χ3v) is 2.10. The van der Waals surface area contributed by atoms with Crippen molar-refractivity contribution in [2.75, 3.05) is 0 Å². The molecule has 1 rings (SSSR count). The lowest BCUT2D eigenvalue weighted by molar-refractivity contribution is -0.128. The first-order valence-corrected chi connectivity index (χ1v) is 4.17. The van der Waals surface area contributed by atoms with Gasteiger partial charge in [-0.3, -0.25) is 4.79 Å². The Balaban J connectivity index is 2.30. The molecule has 1 aliphatic rings. The van der Waals surface area contributed by atoms with Crippen molar-refractivity contribution in [3.63, 3.8) is 0 Å². The fraction of sp³-hybridized carbons (Fsp3) is 0.875. The molecule has 0 heterocycles. The van der Waals surface area contributed by atoms with E-state index < -0.39 is 0 Å². The van der Waals surface area contributed by atoms with Gasteiger partial charge in [-0.25, -0.2) is 0 Å². The normalized spacial score (nSPS) is 29.8. The van der Waals surface area contributed by atoms with Crippen LogP contribution in [0.25, 0.3) is 0 Å². The summed E-state index contributed by atoms with van der Waals surface area (Å²) in [5.74, 6) is 0.205. The molecule has 0 unspecified atom stereocenters. The van der Waals surface area contributed by atoms with Crippen molar-refractivity contribution in [1.82, 2.24) is 5.32 Å². The zero-order valence-electron chi connectivity index (χ0n) is 7.13. The number of hydrogen-bond donors (Lipinski definition) is 2. The van der Waals surface area contributed by atoms with Crippen molar-refractivity contribution in [3.05, 3.63) is 0 Å². The number of hydrogen-bond acceptors (Lipinski definition) is 2. The summed E-state index contributed by atoms with van der Waals surface area (Å²) in [4.78, 5) is 11.3. The lowest BCUT2D eigenvalue weighted by Gasteiger charge is -2.32. The van der Waals surface area contributed by atoms with Gasteiger partial charge in [0, 0.05) is 12.1 Å². The van der Waals surface area contributed by atoms with Gasteiger partial charge < -0.3 is 11.1 Å². The van der Waals surface area contributed by atoms with E-state index in [1.807, 2.05) is 13.8 Å². The number of nitrogens with one attached hydrogen (secondary N) is 1. The van der Waals surface area contributed by atoms with Crippen LogP contribution in [0.15, 0.2) is 0 Å². The minimum Gasteiger partial charge on any atom is -0.354 e. The molecular weight excluding hydrogens is 140 g/mol. The Bertz CT molecular complexity index is 156. The second-order valence-corrected chi connectivity index (χ2v) is 3.51. The van der Waals surface area contributed by atoms with Gasteiger partial charge in [-0.1, -0.05) is 0 Å². The van der Waals surface area contributed by atoms with E-state index in [-0.39, 0.29) is 23.9 Å². The zero-order valence-corrected chi connectivity index (χ0v) is 7.13. The zero-order chi connectivity index (χ0) is 8.43. The molecule has 0 aromatic heterocycles. The number of carbonyl (C=O) groups excluding carboxylic acids is 1. The lowest BCUT2D eigenvalue weighted by atomic mass is 9.79. The minimum atomic E-state index is 0.0809.